The summed E-state index contributed by atoms with van der Waals surface area (Å²) >= 11 is 0. The monoisotopic (exact) mass is 565 g/mol. The number of fused-ring (bicyclic) bond motifs is 5. The Balaban J connectivity index is 1.34. The van der Waals surface area contributed by atoms with Crippen molar-refractivity contribution in [2.45, 2.75) is 13.8 Å². The van der Waals surface area contributed by atoms with Crippen LogP contribution in [0.2, 0.25) is 0 Å². The van der Waals surface area contributed by atoms with Gasteiger partial charge in [-0.2, -0.15) is 0 Å². The van der Waals surface area contributed by atoms with Crippen molar-refractivity contribution in [2.75, 3.05) is 0 Å². The molecule has 3 heterocycles. The predicted octanol–water partition coefficient (Wildman–Crippen LogP) is 9.41. The number of aryl methyl sites for hydroxylation is 2. The second-order valence-corrected chi connectivity index (χ2v) is 11.1. The van der Waals surface area contributed by atoms with Crippen molar-refractivity contribution in [1.29, 1.82) is 0 Å². The summed E-state index contributed by atoms with van der Waals surface area (Å²) < 4.78 is 0. The van der Waals surface area contributed by atoms with Crippen molar-refractivity contribution in [3.05, 3.63) is 139 Å². The summed E-state index contributed by atoms with van der Waals surface area (Å²) in [5.74, 6) is 1.74. The molecule has 0 radical (unpaired) electrons. The highest BCUT2D eigenvalue weighted by molar-refractivity contribution is 6.22. The van der Waals surface area contributed by atoms with Crippen LogP contribution in [0, 0.1) is 13.8 Å². The van der Waals surface area contributed by atoms with Gasteiger partial charge in [0.2, 0.25) is 0 Å². The lowest BCUT2D eigenvalue weighted by Crippen LogP contribution is -2.02. The zero-order chi connectivity index (χ0) is 29.6. The Morgan fingerprint density at radius 1 is 0.386 bits per heavy atom. The van der Waals surface area contributed by atoms with Crippen LogP contribution in [0.4, 0.5) is 0 Å². The predicted molar refractivity (Wildman–Crippen MR) is 179 cm³/mol. The number of pyridine rings is 2. The molecule has 3 aromatic heterocycles. The highest BCUT2D eigenvalue weighted by Gasteiger charge is 2.17. The molecule has 5 aromatic carbocycles. The van der Waals surface area contributed by atoms with Gasteiger partial charge in [0.05, 0.1) is 16.9 Å². The molecule has 208 valence electrons. The third-order valence-electron chi connectivity index (χ3n) is 8.07. The lowest BCUT2D eigenvalue weighted by atomic mass is 9.96. The SMILES string of the molecule is Cc1ccc(-c2nc(-c3ccc(C)cc3)nc(-c3cccc(-c4nc5ccccc5c5c4ccc4ccccc45)n3)n2)cc1. The molecule has 0 fully saturated rings. The topological polar surface area (TPSA) is 64.5 Å². The van der Waals surface area contributed by atoms with Crippen LogP contribution < -0.4 is 0 Å². The van der Waals surface area contributed by atoms with Gasteiger partial charge in [-0.1, -0.05) is 120 Å². The van der Waals surface area contributed by atoms with Crippen molar-refractivity contribution in [1.82, 2.24) is 24.9 Å². The molecule has 0 saturated carbocycles. The maximum Gasteiger partial charge on any atom is 0.182 e. The Morgan fingerprint density at radius 3 is 1.68 bits per heavy atom. The molecule has 0 N–H and O–H groups in total. The molecule has 0 aliphatic heterocycles. The van der Waals surface area contributed by atoms with Crippen LogP contribution in [-0.2, 0) is 0 Å². The van der Waals surface area contributed by atoms with Gasteiger partial charge >= 0.3 is 0 Å². The van der Waals surface area contributed by atoms with Crippen LogP contribution in [-0.4, -0.2) is 24.9 Å². The van der Waals surface area contributed by atoms with Gasteiger partial charge in [-0.05, 0) is 42.8 Å². The Bertz CT molecular complexity index is 2260. The first-order valence-corrected chi connectivity index (χ1v) is 14.7. The number of benzene rings is 5. The van der Waals surface area contributed by atoms with E-state index in [0.29, 0.717) is 23.2 Å². The number of aromatic nitrogens is 5. The van der Waals surface area contributed by atoms with Crippen LogP contribution in [0.1, 0.15) is 11.1 Å². The second kappa shape index (κ2) is 10.5. The molecular weight excluding hydrogens is 538 g/mol. The van der Waals surface area contributed by atoms with Crippen molar-refractivity contribution in [2.24, 2.45) is 0 Å². The van der Waals surface area contributed by atoms with Crippen LogP contribution in [0.15, 0.2) is 127 Å². The Hall–Kier alpha value is -5.81. The summed E-state index contributed by atoms with van der Waals surface area (Å²) in [4.78, 5) is 25.0. The summed E-state index contributed by atoms with van der Waals surface area (Å²) in [6.07, 6.45) is 0. The van der Waals surface area contributed by atoms with E-state index in [2.05, 4.69) is 92.7 Å². The summed E-state index contributed by atoms with van der Waals surface area (Å²) in [6.45, 7) is 4.15. The minimum atomic E-state index is 0.517. The van der Waals surface area contributed by atoms with Crippen molar-refractivity contribution < 1.29 is 0 Å². The average molecular weight is 566 g/mol. The minimum Gasteiger partial charge on any atom is -0.245 e. The van der Waals surface area contributed by atoms with Gasteiger partial charge in [0.15, 0.2) is 17.5 Å². The van der Waals surface area contributed by atoms with Crippen LogP contribution in [0.5, 0.6) is 0 Å². The van der Waals surface area contributed by atoms with E-state index < -0.39 is 0 Å². The fraction of sp³-hybridized carbons (Fsp3) is 0.0513. The first-order chi connectivity index (χ1) is 21.6. The van der Waals surface area contributed by atoms with Gasteiger partial charge in [-0.3, -0.25) is 0 Å². The van der Waals surface area contributed by atoms with Crippen LogP contribution in [0.3, 0.4) is 0 Å². The molecule has 0 saturated heterocycles. The number of para-hydroxylation sites is 1. The van der Waals surface area contributed by atoms with E-state index in [9.17, 15) is 0 Å². The highest BCUT2D eigenvalue weighted by atomic mass is 15.0. The number of nitrogens with zero attached hydrogens (tertiary/aromatic N) is 5. The summed E-state index contributed by atoms with van der Waals surface area (Å²) in [5, 5.41) is 5.76. The fourth-order valence-electron chi connectivity index (χ4n) is 5.76. The standard InChI is InChI=1S/C39H27N5/c1-24-14-18-27(19-15-24)37-42-38(28-20-16-25(2)17-21-28)44-39(43-37)34-13-7-12-33(40-34)36-31-23-22-26-8-3-4-9-29(26)35(31)30-10-5-6-11-32(30)41-36/h3-23H,1-2H3. The van der Waals surface area contributed by atoms with E-state index in [1.165, 1.54) is 27.3 Å². The molecular formula is C39H27N5. The summed E-state index contributed by atoms with van der Waals surface area (Å²) in [6, 6.07) is 43.6. The molecule has 0 spiro atoms. The summed E-state index contributed by atoms with van der Waals surface area (Å²) in [7, 11) is 0. The number of hydrogen-bond donors (Lipinski definition) is 0. The molecule has 0 bridgehead atoms. The molecule has 0 amide bonds. The molecule has 0 atom stereocenters. The number of hydrogen-bond acceptors (Lipinski definition) is 5. The molecule has 5 nitrogen and oxygen atoms in total. The van der Waals surface area contributed by atoms with E-state index in [0.717, 1.165) is 38.8 Å². The lowest BCUT2D eigenvalue weighted by molar-refractivity contribution is 1.06. The maximum atomic E-state index is 5.15. The molecule has 8 aromatic rings. The van der Waals surface area contributed by atoms with Crippen LogP contribution in [0.25, 0.3) is 78.1 Å². The number of rotatable bonds is 4. The van der Waals surface area contributed by atoms with Gasteiger partial charge in [0.1, 0.15) is 5.69 Å². The molecule has 5 heteroatoms. The maximum absolute atomic E-state index is 5.15. The Kier molecular flexibility index (Phi) is 6.16. The van der Waals surface area contributed by atoms with Gasteiger partial charge < -0.3 is 0 Å². The van der Waals surface area contributed by atoms with Gasteiger partial charge in [0, 0.05) is 27.3 Å². The highest BCUT2D eigenvalue weighted by Crippen LogP contribution is 2.37. The average Bonchev–Trinajstić information content (AvgIpc) is 3.08. The Morgan fingerprint density at radius 2 is 0.977 bits per heavy atom. The van der Waals surface area contributed by atoms with Gasteiger partial charge in [-0.25, -0.2) is 24.9 Å². The van der Waals surface area contributed by atoms with Crippen molar-refractivity contribution >= 4 is 32.4 Å². The van der Waals surface area contributed by atoms with E-state index in [4.69, 9.17) is 24.9 Å². The van der Waals surface area contributed by atoms with Gasteiger partial charge in [0.25, 0.3) is 0 Å². The van der Waals surface area contributed by atoms with E-state index in [1.54, 1.807) is 0 Å². The second-order valence-electron chi connectivity index (χ2n) is 11.1. The Labute approximate surface area is 255 Å². The quantitative estimate of drug-likeness (QED) is 0.199. The zero-order valence-corrected chi connectivity index (χ0v) is 24.4. The largest absolute Gasteiger partial charge is 0.245 e. The van der Waals surface area contributed by atoms with E-state index in [1.807, 2.05) is 48.5 Å². The normalized spacial score (nSPS) is 11.4. The molecule has 8 rings (SSSR count). The minimum absolute atomic E-state index is 0.517. The van der Waals surface area contributed by atoms with Gasteiger partial charge in [-0.15, -0.1) is 0 Å². The first kappa shape index (κ1) is 25.9. The summed E-state index contributed by atoms with van der Waals surface area (Å²) in [5.41, 5.74) is 7.41. The molecule has 0 aliphatic carbocycles. The molecule has 44 heavy (non-hydrogen) atoms. The van der Waals surface area contributed by atoms with Crippen molar-refractivity contribution in [3.8, 4) is 45.7 Å². The van der Waals surface area contributed by atoms with Crippen LogP contribution >= 0.6 is 0 Å². The fourth-order valence-corrected chi connectivity index (χ4v) is 5.76. The third kappa shape index (κ3) is 4.56. The molecule has 0 aliphatic rings. The smallest absolute Gasteiger partial charge is 0.182 e. The van der Waals surface area contributed by atoms with Crippen molar-refractivity contribution in [3.63, 3.8) is 0 Å². The van der Waals surface area contributed by atoms with E-state index in [-0.39, 0.29) is 0 Å². The zero-order valence-electron chi connectivity index (χ0n) is 24.4. The lowest BCUT2D eigenvalue weighted by Gasteiger charge is -2.13. The van der Waals surface area contributed by atoms with E-state index >= 15 is 0 Å². The first-order valence-electron chi connectivity index (χ1n) is 14.7. The third-order valence-corrected chi connectivity index (χ3v) is 8.07. The molecule has 0 unspecified atom stereocenters.